The maximum absolute atomic E-state index is 13.0. The molecular formula is C20H24N2O4S2. The van der Waals surface area contributed by atoms with E-state index in [9.17, 15) is 13.2 Å². The molecule has 1 aliphatic heterocycles. The summed E-state index contributed by atoms with van der Waals surface area (Å²) >= 11 is 1.58. The summed E-state index contributed by atoms with van der Waals surface area (Å²) in [6.07, 6.45) is 2.63. The van der Waals surface area contributed by atoms with Crippen molar-refractivity contribution in [3.8, 4) is 5.75 Å². The fraction of sp³-hybridized carbons (Fsp3) is 0.350. The van der Waals surface area contributed by atoms with Crippen LogP contribution in [0, 0.1) is 0 Å². The zero-order valence-corrected chi connectivity index (χ0v) is 18.1. The number of nitrogens with zero attached hydrogens (tertiary/aromatic N) is 2. The first-order chi connectivity index (χ1) is 13.3. The largest absolute Gasteiger partial charge is 0.496 e. The summed E-state index contributed by atoms with van der Waals surface area (Å²) in [5.74, 6) is 0.701. The SMILES string of the molecule is COc1cc(CN(C)S(=O)(=O)c2ccc3c(c2)CCN3C(C)=O)ccc1SC. The highest BCUT2D eigenvalue weighted by Gasteiger charge is 2.27. The lowest BCUT2D eigenvalue weighted by Gasteiger charge is -2.19. The maximum Gasteiger partial charge on any atom is 0.243 e. The van der Waals surface area contributed by atoms with E-state index in [2.05, 4.69) is 0 Å². The molecule has 0 saturated carbocycles. The second-order valence-electron chi connectivity index (χ2n) is 6.66. The third-order valence-corrected chi connectivity index (χ3v) is 7.46. The van der Waals surface area contributed by atoms with Gasteiger partial charge >= 0.3 is 0 Å². The standard InChI is InChI=1S/C20H24N2O4S2/c1-14(23)22-10-9-16-12-17(6-7-18(16)22)28(24,25)21(2)13-15-5-8-20(27-4)19(11-15)26-3/h5-8,11-12H,9-10,13H2,1-4H3. The van der Waals surface area contributed by atoms with Gasteiger partial charge in [0.2, 0.25) is 15.9 Å². The number of amides is 1. The van der Waals surface area contributed by atoms with Crippen LogP contribution >= 0.6 is 11.8 Å². The number of anilines is 1. The molecule has 2 aromatic carbocycles. The van der Waals surface area contributed by atoms with E-state index in [-0.39, 0.29) is 17.3 Å². The number of fused-ring (bicyclic) bond motifs is 1. The normalized spacial score (nSPS) is 13.7. The number of hydrogen-bond donors (Lipinski definition) is 0. The lowest BCUT2D eigenvalue weighted by Crippen LogP contribution is -2.27. The average Bonchev–Trinajstić information content (AvgIpc) is 3.11. The van der Waals surface area contributed by atoms with Crippen molar-refractivity contribution in [1.82, 2.24) is 4.31 Å². The van der Waals surface area contributed by atoms with Gasteiger partial charge in [-0.2, -0.15) is 4.31 Å². The molecule has 0 radical (unpaired) electrons. The molecule has 0 N–H and O–H groups in total. The monoisotopic (exact) mass is 420 g/mol. The fourth-order valence-electron chi connectivity index (χ4n) is 3.37. The number of carbonyl (C=O) groups is 1. The first-order valence-electron chi connectivity index (χ1n) is 8.86. The van der Waals surface area contributed by atoms with E-state index in [1.165, 1.54) is 11.2 Å². The molecule has 0 fully saturated rings. The van der Waals surface area contributed by atoms with Crippen molar-refractivity contribution < 1.29 is 17.9 Å². The predicted octanol–water partition coefficient (Wildman–Crippen LogP) is 3.15. The van der Waals surface area contributed by atoms with E-state index in [1.54, 1.807) is 49.0 Å². The molecule has 1 amide bonds. The van der Waals surface area contributed by atoms with Crippen molar-refractivity contribution in [1.29, 1.82) is 0 Å². The Balaban J connectivity index is 1.84. The molecule has 0 aliphatic carbocycles. The highest BCUT2D eigenvalue weighted by Crippen LogP contribution is 2.32. The Kier molecular flexibility index (Phi) is 6.02. The summed E-state index contributed by atoms with van der Waals surface area (Å²) in [5, 5.41) is 0. The summed E-state index contributed by atoms with van der Waals surface area (Å²) in [6, 6.07) is 10.7. The van der Waals surface area contributed by atoms with Gasteiger partial charge in [0.1, 0.15) is 5.75 Å². The Morgan fingerprint density at radius 2 is 2.00 bits per heavy atom. The summed E-state index contributed by atoms with van der Waals surface area (Å²) in [5.41, 5.74) is 2.53. The molecule has 2 aromatic rings. The molecule has 28 heavy (non-hydrogen) atoms. The van der Waals surface area contributed by atoms with E-state index in [4.69, 9.17) is 4.74 Å². The number of rotatable bonds is 6. The molecular weight excluding hydrogens is 396 g/mol. The molecule has 1 heterocycles. The number of thioether (sulfide) groups is 1. The van der Waals surface area contributed by atoms with Gasteiger partial charge in [0.05, 0.1) is 12.0 Å². The summed E-state index contributed by atoms with van der Waals surface area (Å²) in [4.78, 5) is 14.6. The van der Waals surface area contributed by atoms with Crippen LogP contribution in [0.4, 0.5) is 5.69 Å². The Morgan fingerprint density at radius 3 is 2.64 bits per heavy atom. The first kappa shape index (κ1) is 20.7. The molecule has 0 atom stereocenters. The minimum atomic E-state index is -3.65. The van der Waals surface area contributed by atoms with Gasteiger partial charge in [-0.05, 0) is 54.1 Å². The summed E-state index contributed by atoms with van der Waals surface area (Å²) in [7, 11) is -0.474. The number of carbonyl (C=O) groups excluding carboxylic acids is 1. The molecule has 1 aliphatic rings. The molecule has 0 aromatic heterocycles. The highest BCUT2D eigenvalue weighted by atomic mass is 32.2. The van der Waals surface area contributed by atoms with Crippen LogP contribution in [-0.2, 0) is 27.8 Å². The lowest BCUT2D eigenvalue weighted by molar-refractivity contribution is -0.116. The zero-order valence-electron chi connectivity index (χ0n) is 16.4. The lowest BCUT2D eigenvalue weighted by atomic mass is 10.2. The quantitative estimate of drug-likeness (QED) is 0.672. The maximum atomic E-state index is 13.0. The molecule has 0 unspecified atom stereocenters. The van der Waals surface area contributed by atoms with Crippen molar-refractivity contribution in [3.63, 3.8) is 0 Å². The van der Waals surface area contributed by atoms with Crippen molar-refractivity contribution in [2.75, 3.05) is 31.9 Å². The highest BCUT2D eigenvalue weighted by molar-refractivity contribution is 7.98. The van der Waals surface area contributed by atoms with Crippen LogP contribution in [0.2, 0.25) is 0 Å². The van der Waals surface area contributed by atoms with Gasteiger partial charge in [0.25, 0.3) is 0 Å². The minimum Gasteiger partial charge on any atom is -0.496 e. The molecule has 0 bridgehead atoms. The third kappa shape index (κ3) is 3.90. The fourth-order valence-corrected chi connectivity index (χ4v) is 5.12. The predicted molar refractivity (Wildman–Crippen MR) is 112 cm³/mol. The van der Waals surface area contributed by atoms with Crippen LogP contribution < -0.4 is 9.64 Å². The van der Waals surface area contributed by atoms with Crippen LogP contribution in [0.15, 0.2) is 46.2 Å². The second-order valence-corrected chi connectivity index (χ2v) is 9.55. The van der Waals surface area contributed by atoms with Gasteiger partial charge in [0, 0.05) is 37.6 Å². The van der Waals surface area contributed by atoms with Gasteiger partial charge in [-0.25, -0.2) is 8.42 Å². The van der Waals surface area contributed by atoms with Gasteiger partial charge in [-0.3, -0.25) is 4.79 Å². The van der Waals surface area contributed by atoms with Crippen molar-refractivity contribution in [2.24, 2.45) is 0 Å². The molecule has 0 spiro atoms. The minimum absolute atomic E-state index is 0.0332. The zero-order chi connectivity index (χ0) is 20.5. The molecule has 0 saturated heterocycles. The average molecular weight is 421 g/mol. The third-order valence-electron chi connectivity index (χ3n) is 4.89. The van der Waals surface area contributed by atoms with Gasteiger partial charge in [-0.15, -0.1) is 11.8 Å². The molecule has 6 nitrogen and oxygen atoms in total. The number of methoxy groups -OCH3 is 1. The van der Waals surface area contributed by atoms with Crippen molar-refractivity contribution in [3.05, 3.63) is 47.5 Å². The van der Waals surface area contributed by atoms with Crippen LogP contribution in [0.3, 0.4) is 0 Å². The van der Waals surface area contributed by atoms with Gasteiger partial charge in [0.15, 0.2) is 0 Å². The van der Waals surface area contributed by atoms with Gasteiger partial charge < -0.3 is 9.64 Å². The smallest absolute Gasteiger partial charge is 0.243 e. The van der Waals surface area contributed by atoms with E-state index in [1.807, 2.05) is 24.5 Å². The number of hydrogen-bond acceptors (Lipinski definition) is 5. The van der Waals surface area contributed by atoms with Crippen LogP contribution in [0.25, 0.3) is 0 Å². The van der Waals surface area contributed by atoms with Gasteiger partial charge in [-0.1, -0.05) is 6.07 Å². The number of sulfonamides is 1. The second kappa shape index (κ2) is 8.14. The Bertz CT molecular complexity index is 1010. The topological polar surface area (TPSA) is 66.9 Å². The van der Waals surface area contributed by atoms with Crippen LogP contribution in [0.1, 0.15) is 18.1 Å². The Labute approximate surface area is 170 Å². The van der Waals surface area contributed by atoms with Crippen LogP contribution in [-0.4, -0.2) is 45.6 Å². The van der Waals surface area contributed by atoms with E-state index in [0.29, 0.717) is 13.0 Å². The van der Waals surface area contributed by atoms with E-state index in [0.717, 1.165) is 27.5 Å². The summed E-state index contributed by atoms with van der Waals surface area (Å²) < 4.78 is 32.8. The summed E-state index contributed by atoms with van der Waals surface area (Å²) in [6.45, 7) is 2.35. The van der Waals surface area contributed by atoms with Crippen LogP contribution in [0.5, 0.6) is 5.75 Å². The number of benzene rings is 2. The molecule has 3 rings (SSSR count). The Morgan fingerprint density at radius 1 is 1.25 bits per heavy atom. The Hall–Kier alpha value is -2.03. The van der Waals surface area contributed by atoms with Crippen molar-refractivity contribution in [2.45, 2.75) is 29.7 Å². The molecule has 150 valence electrons. The van der Waals surface area contributed by atoms with E-state index >= 15 is 0 Å². The first-order valence-corrected chi connectivity index (χ1v) is 11.5. The van der Waals surface area contributed by atoms with Crippen molar-refractivity contribution >= 4 is 33.4 Å². The van der Waals surface area contributed by atoms with E-state index < -0.39 is 10.0 Å². The number of ether oxygens (including phenoxy) is 1. The molecule has 8 heteroatoms.